The first-order chi connectivity index (χ1) is 6.77. The van der Waals surface area contributed by atoms with Crippen LogP contribution in [0.2, 0.25) is 5.02 Å². The highest BCUT2D eigenvalue weighted by Gasteiger charge is 2.10. The number of fused-ring (bicyclic) bond motifs is 1. The number of thiophene rings is 1. The highest BCUT2D eigenvalue weighted by molar-refractivity contribution is 7.99. The summed E-state index contributed by atoms with van der Waals surface area (Å²) in [6, 6.07) is 4.08. The molecular formula is C10H8Cl2S2. The molecule has 0 saturated heterocycles. The predicted molar refractivity (Wildman–Crippen MR) is 68.2 cm³/mol. The minimum Gasteiger partial charge on any atom is -0.143 e. The molecule has 0 atom stereocenters. The highest BCUT2D eigenvalue weighted by Crippen LogP contribution is 2.38. The van der Waals surface area contributed by atoms with E-state index in [0.29, 0.717) is 5.88 Å². The molecule has 1 aromatic heterocycles. The summed E-state index contributed by atoms with van der Waals surface area (Å²) in [6.45, 7) is 0. The Bertz CT molecular complexity index is 462. The van der Waals surface area contributed by atoms with E-state index in [1.54, 1.807) is 23.1 Å². The third-order valence-electron chi connectivity index (χ3n) is 2.07. The van der Waals surface area contributed by atoms with E-state index in [2.05, 4.69) is 11.4 Å². The van der Waals surface area contributed by atoms with Gasteiger partial charge in [-0.1, -0.05) is 11.6 Å². The summed E-state index contributed by atoms with van der Waals surface area (Å²) in [4.78, 5) is 1.15. The van der Waals surface area contributed by atoms with E-state index in [-0.39, 0.29) is 0 Å². The van der Waals surface area contributed by atoms with Gasteiger partial charge < -0.3 is 0 Å². The molecule has 2 aromatic rings. The van der Waals surface area contributed by atoms with Crippen LogP contribution < -0.4 is 0 Å². The average molecular weight is 263 g/mol. The molecule has 0 amide bonds. The van der Waals surface area contributed by atoms with Crippen LogP contribution in [0.1, 0.15) is 5.56 Å². The van der Waals surface area contributed by atoms with Crippen molar-refractivity contribution in [2.45, 2.75) is 10.8 Å². The number of thioether (sulfide) groups is 1. The number of rotatable bonds is 2. The van der Waals surface area contributed by atoms with E-state index < -0.39 is 0 Å². The second-order valence-electron chi connectivity index (χ2n) is 2.85. The number of hydrogen-bond donors (Lipinski definition) is 0. The van der Waals surface area contributed by atoms with Crippen LogP contribution in [0.3, 0.4) is 0 Å². The van der Waals surface area contributed by atoms with Gasteiger partial charge in [0.15, 0.2) is 0 Å². The summed E-state index contributed by atoms with van der Waals surface area (Å²) in [5.74, 6) is 0.519. The molecule has 0 radical (unpaired) electrons. The molecule has 0 nitrogen and oxygen atoms in total. The van der Waals surface area contributed by atoms with Crippen LogP contribution in [0.15, 0.2) is 22.4 Å². The Kier molecular flexibility index (Phi) is 3.27. The molecule has 0 bridgehead atoms. The minimum absolute atomic E-state index is 0.519. The van der Waals surface area contributed by atoms with Gasteiger partial charge >= 0.3 is 0 Å². The van der Waals surface area contributed by atoms with Gasteiger partial charge in [0.1, 0.15) is 0 Å². The van der Waals surface area contributed by atoms with Crippen molar-refractivity contribution >= 4 is 56.4 Å². The molecule has 0 N–H and O–H groups in total. The number of halogens is 2. The first-order valence-electron chi connectivity index (χ1n) is 4.06. The first kappa shape index (κ1) is 10.6. The average Bonchev–Trinajstić information content (AvgIpc) is 2.65. The molecule has 0 fully saturated rings. The van der Waals surface area contributed by atoms with Crippen LogP contribution in [0.5, 0.6) is 0 Å². The summed E-state index contributed by atoms with van der Waals surface area (Å²) >= 11 is 15.4. The monoisotopic (exact) mass is 262 g/mol. The molecule has 0 aliphatic heterocycles. The van der Waals surface area contributed by atoms with Crippen molar-refractivity contribution in [3.63, 3.8) is 0 Å². The minimum atomic E-state index is 0.519. The van der Waals surface area contributed by atoms with Gasteiger partial charge in [0.25, 0.3) is 0 Å². The van der Waals surface area contributed by atoms with Crippen molar-refractivity contribution in [3.8, 4) is 0 Å². The molecule has 1 aromatic carbocycles. The lowest BCUT2D eigenvalue weighted by atomic mass is 10.2. The second kappa shape index (κ2) is 4.31. The summed E-state index contributed by atoms with van der Waals surface area (Å²) < 4.78 is 1.26. The molecule has 74 valence electrons. The van der Waals surface area contributed by atoms with Gasteiger partial charge in [-0.15, -0.1) is 34.7 Å². The maximum absolute atomic E-state index is 6.17. The Morgan fingerprint density at radius 2 is 2.29 bits per heavy atom. The van der Waals surface area contributed by atoms with Crippen LogP contribution in [0.4, 0.5) is 0 Å². The van der Waals surface area contributed by atoms with E-state index in [0.717, 1.165) is 15.5 Å². The predicted octanol–water partition coefficient (Wildman–Crippen LogP) is 5.02. The summed E-state index contributed by atoms with van der Waals surface area (Å²) in [7, 11) is 0. The fourth-order valence-electron chi connectivity index (χ4n) is 1.46. The fourth-order valence-corrected chi connectivity index (χ4v) is 3.84. The second-order valence-corrected chi connectivity index (χ2v) is 5.25. The Morgan fingerprint density at radius 1 is 1.50 bits per heavy atom. The summed E-state index contributed by atoms with van der Waals surface area (Å²) in [6.07, 6.45) is 2.04. The van der Waals surface area contributed by atoms with E-state index >= 15 is 0 Å². The van der Waals surface area contributed by atoms with Gasteiger partial charge in [0, 0.05) is 20.9 Å². The Hall–Kier alpha value is 0.110. The lowest BCUT2D eigenvalue weighted by Crippen LogP contribution is -1.82. The largest absolute Gasteiger partial charge is 0.143 e. The Labute approximate surface area is 101 Å². The van der Waals surface area contributed by atoms with E-state index in [1.807, 2.05) is 12.3 Å². The zero-order valence-electron chi connectivity index (χ0n) is 7.51. The normalized spacial score (nSPS) is 11.1. The third-order valence-corrected chi connectivity index (χ3v) is 4.60. The van der Waals surface area contributed by atoms with Crippen molar-refractivity contribution < 1.29 is 0 Å². The van der Waals surface area contributed by atoms with Crippen LogP contribution in [0.25, 0.3) is 10.1 Å². The molecule has 0 aliphatic carbocycles. The molecule has 0 unspecified atom stereocenters. The number of alkyl halides is 1. The number of benzene rings is 1. The lowest BCUT2D eigenvalue weighted by molar-refractivity contribution is 1.43. The van der Waals surface area contributed by atoms with Crippen molar-refractivity contribution in [1.29, 1.82) is 0 Å². The molecule has 4 heteroatoms. The standard InChI is InChI=1S/C10H8Cl2S2/c1-13-10-7-2-3-14-9(7)6(5-11)4-8(10)12/h2-4H,5H2,1H3. The molecule has 14 heavy (non-hydrogen) atoms. The van der Waals surface area contributed by atoms with Crippen molar-refractivity contribution in [1.82, 2.24) is 0 Å². The maximum atomic E-state index is 6.17. The van der Waals surface area contributed by atoms with Crippen LogP contribution in [0, 0.1) is 0 Å². The molecule has 2 rings (SSSR count). The SMILES string of the molecule is CSc1c(Cl)cc(CCl)c2sccc12. The van der Waals surface area contributed by atoms with Gasteiger partial charge in [-0.2, -0.15) is 0 Å². The van der Waals surface area contributed by atoms with Crippen LogP contribution >= 0.6 is 46.3 Å². The quantitative estimate of drug-likeness (QED) is 0.541. The summed E-state index contributed by atoms with van der Waals surface area (Å²) in [5.41, 5.74) is 1.12. The zero-order valence-corrected chi connectivity index (χ0v) is 10.7. The molecular weight excluding hydrogens is 255 g/mol. The Morgan fingerprint density at radius 3 is 2.93 bits per heavy atom. The topological polar surface area (TPSA) is 0 Å². The van der Waals surface area contributed by atoms with E-state index in [4.69, 9.17) is 23.2 Å². The first-order valence-corrected chi connectivity index (χ1v) is 7.08. The molecule has 0 aliphatic rings. The van der Waals surface area contributed by atoms with Crippen LogP contribution in [-0.4, -0.2) is 6.26 Å². The van der Waals surface area contributed by atoms with E-state index in [9.17, 15) is 0 Å². The molecule has 1 heterocycles. The molecule has 0 spiro atoms. The van der Waals surface area contributed by atoms with Crippen molar-refractivity contribution in [2.75, 3.05) is 6.26 Å². The molecule has 0 saturated carbocycles. The van der Waals surface area contributed by atoms with Crippen molar-refractivity contribution in [3.05, 3.63) is 28.1 Å². The van der Waals surface area contributed by atoms with Gasteiger partial charge in [0.05, 0.1) is 5.02 Å². The lowest BCUT2D eigenvalue weighted by Gasteiger charge is -2.06. The van der Waals surface area contributed by atoms with Crippen LogP contribution in [-0.2, 0) is 5.88 Å². The smallest absolute Gasteiger partial charge is 0.0552 e. The van der Waals surface area contributed by atoms with Gasteiger partial charge in [0.2, 0.25) is 0 Å². The Balaban J connectivity index is 2.81. The van der Waals surface area contributed by atoms with Gasteiger partial charge in [-0.05, 0) is 29.3 Å². The zero-order chi connectivity index (χ0) is 10.1. The maximum Gasteiger partial charge on any atom is 0.0552 e. The highest BCUT2D eigenvalue weighted by atomic mass is 35.5. The van der Waals surface area contributed by atoms with Gasteiger partial charge in [-0.3, -0.25) is 0 Å². The van der Waals surface area contributed by atoms with E-state index in [1.165, 1.54) is 10.1 Å². The van der Waals surface area contributed by atoms with Crippen molar-refractivity contribution in [2.24, 2.45) is 0 Å². The summed E-state index contributed by atoms with van der Waals surface area (Å²) in [5, 5.41) is 4.11. The number of hydrogen-bond acceptors (Lipinski definition) is 2. The van der Waals surface area contributed by atoms with Gasteiger partial charge in [-0.25, -0.2) is 0 Å². The fraction of sp³-hybridized carbons (Fsp3) is 0.200. The third kappa shape index (κ3) is 1.65.